The molecule has 1 aromatic carbocycles. The summed E-state index contributed by atoms with van der Waals surface area (Å²) in [6, 6.07) is 5.01. The lowest BCUT2D eigenvalue weighted by Gasteiger charge is -2.18. The van der Waals surface area contributed by atoms with Crippen molar-refractivity contribution in [2.24, 2.45) is 5.73 Å². The highest BCUT2D eigenvalue weighted by atomic mass is 35.5. The monoisotopic (exact) mass is 242 g/mol. The largest absolute Gasteiger partial charge is 0.497 e. The summed E-state index contributed by atoms with van der Waals surface area (Å²) >= 11 is 5.94. The van der Waals surface area contributed by atoms with Crippen molar-refractivity contribution in [3.8, 4) is 5.75 Å². The number of carbonyl (C=O) groups is 1. The number of amides is 1. The van der Waals surface area contributed by atoms with E-state index in [-0.39, 0.29) is 5.91 Å². The highest BCUT2D eigenvalue weighted by molar-refractivity contribution is 6.33. The zero-order chi connectivity index (χ0) is 12.3. The molecule has 0 atom stereocenters. The molecule has 0 aliphatic carbocycles. The molecule has 16 heavy (non-hydrogen) atoms. The Bertz CT molecular complexity index is 399. The molecule has 0 unspecified atom stereocenters. The van der Waals surface area contributed by atoms with Crippen molar-refractivity contribution in [1.29, 1.82) is 0 Å². The number of hydrogen-bond donors (Lipinski definition) is 2. The Labute approximate surface area is 99.7 Å². The third kappa shape index (κ3) is 3.12. The number of halogens is 1. The van der Waals surface area contributed by atoms with Crippen LogP contribution in [0, 0.1) is 0 Å². The lowest BCUT2D eigenvalue weighted by molar-refractivity contribution is -0.120. The van der Waals surface area contributed by atoms with Crippen LogP contribution in [0.2, 0.25) is 5.02 Å². The molecule has 0 aliphatic rings. The Morgan fingerprint density at radius 3 is 2.62 bits per heavy atom. The molecule has 5 heteroatoms. The number of benzene rings is 1. The van der Waals surface area contributed by atoms with E-state index in [1.807, 2.05) is 0 Å². The van der Waals surface area contributed by atoms with Crippen molar-refractivity contribution >= 4 is 23.2 Å². The molecule has 1 rings (SSSR count). The van der Waals surface area contributed by atoms with Gasteiger partial charge in [-0.15, -0.1) is 0 Å². The van der Waals surface area contributed by atoms with Gasteiger partial charge in [-0.1, -0.05) is 11.6 Å². The van der Waals surface area contributed by atoms with Gasteiger partial charge < -0.3 is 15.8 Å². The van der Waals surface area contributed by atoms with Gasteiger partial charge in [0.1, 0.15) is 5.75 Å². The molecule has 0 bridgehead atoms. The van der Waals surface area contributed by atoms with E-state index >= 15 is 0 Å². The molecule has 0 spiro atoms. The first-order valence-corrected chi connectivity index (χ1v) is 5.16. The summed E-state index contributed by atoms with van der Waals surface area (Å²) in [4.78, 5) is 11.7. The number of nitrogens with one attached hydrogen (secondary N) is 1. The molecule has 4 nitrogen and oxygen atoms in total. The van der Waals surface area contributed by atoms with Gasteiger partial charge in [-0.3, -0.25) is 4.79 Å². The first kappa shape index (κ1) is 12.8. The molecular weight excluding hydrogens is 228 g/mol. The molecule has 1 amide bonds. The maximum atomic E-state index is 11.7. The van der Waals surface area contributed by atoms with E-state index in [9.17, 15) is 4.79 Å². The summed E-state index contributed by atoms with van der Waals surface area (Å²) < 4.78 is 5.04. The van der Waals surface area contributed by atoms with Gasteiger partial charge in [-0.2, -0.15) is 0 Å². The zero-order valence-electron chi connectivity index (χ0n) is 9.50. The van der Waals surface area contributed by atoms with Crippen molar-refractivity contribution in [2.45, 2.75) is 19.4 Å². The third-order valence-corrected chi connectivity index (χ3v) is 2.34. The lowest BCUT2D eigenvalue weighted by atomic mass is 10.1. The van der Waals surface area contributed by atoms with Crippen molar-refractivity contribution in [3.05, 3.63) is 23.2 Å². The minimum absolute atomic E-state index is 0.303. The summed E-state index contributed by atoms with van der Waals surface area (Å²) in [6.45, 7) is 3.24. The van der Waals surface area contributed by atoms with Gasteiger partial charge in [0.25, 0.3) is 0 Å². The number of anilines is 1. The lowest BCUT2D eigenvalue weighted by Crippen LogP contribution is -2.45. The second-order valence-electron chi connectivity index (χ2n) is 4.02. The number of nitrogens with two attached hydrogens (primary N) is 1. The van der Waals surface area contributed by atoms with Crippen LogP contribution in [0.15, 0.2) is 18.2 Å². The molecule has 88 valence electrons. The third-order valence-electron chi connectivity index (χ3n) is 2.01. The molecule has 0 radical (unpaired) electrons. The van der Waals surface area contributed by atoms with Crippen LogP contribution in [0.4, 0.5) is 5.69 Å². The Morgan fingerprint density at radius 2 is 2.12 bits per heavy atom. The van der Waals surface area contributed by atoms with Gasteiger partial charge in [0, 0.05) is 6.07 Å². The molecule has 0 saturated heterocycles. The van der Waals surface area contributed by atoms with Crippen molar-refractivity contribution in [2.75, 3.05) is 12.4 Å². The number of rotatable bonds is 3. The molecule has 0 heterocycles. The number of ether oxygens (including phenoxy) is 1. The predicted octanol–water partition coefficient (Wildman–Crippen LogP) is 2.02. The average Bonchev–Trinajstić information content (AvgIpc) is 2.19. The van der Waals surface area contributed by atoms with Crippen LogP contribution in [0.1, 0.15) is 13.8 Å². The van der Waals surface area contributed by atoms with Crippen LogP contribution >= 0.6 is 11.6 Å². The Kier molecular flexibility index (Phi) is 3.78. The summed E-state index contributed by atoms with van der Waals surface area (Å²) in [7, 11) is 1.54. The topological polar surface area (TPSA) is 64.3 Å². The molecule has 3 N–H and O–H groups in total. The summed E-state index contributed by atoms with van der Waals surface area (Å²) in [6.07, 6.45) is 0. The molecule has 1 aromatic rings. The minimum atomic E-state index is -0.952. The summed E-state index contributed by atoms with van der Waals surface area (Å²) in [5, 5.41) is 3.09. The van der Waals surface area contributed by atoms with Gasteiger partial charge in [0.05, 0.1) is 23.4 Å². The zero-order valence-corrected chi connectivity index (χ0v) is 10.3. The van der Waals surface area contributed by atoms with E-state index in [0.29, 0.717) is 16.5 Å². The number of carbonyl (C=O) groups excluding carboxylic acids is 1. The SMILES string of the molecule is COc1ccc(Cl)c(NC(=O)C(C)(C)N)c1. The first-order chi connectivity index (χ1) is 7.34. The van der Waals surface area contributed by atoms with Crippen LogP contribution in [0.3, 0.4) is 0 Å². The van der Waals surface area contributed by atoms with Gasteiger partial charge in [0.2, 0.25) is 5.91 Å². The fourth-order valence-electron chi connectivity index (χ4n) is 1.01. The van der Waals surface area contributed by atoms with Crippen LogP contribution in [0.5, 0.6) is 5.75 Å². The van der Waals surface area contributed by atoms with Gasteiger partial charge >= 0.3 is 0 Å². The highest BCUT2D eigenvalue weighted by Gasteiger charge is 2.22. The van der Waals surface area contributed by atoms with E-state index in [0.717, 1.165) is 0 Å². The Balaban J connectivity index is 2.92. The van der Waals surface area contributed by atoms with Crippen LogP contribution in [-0.2, 0) is 4.79 Å². The fourth-order valence-corrected chi connectivity index (χ4v) is 1.18. The minimum Gasteiger partial charge on any atom is -0.497 e. The average molecular weight is 243 g/mol. The normalized spacial score (nSPS) is 11.1. The molecule has 0 aromatic heterocycles. The summed E-state index contributed by atoms with van der Waals surface area (Å²) in [5.41, 5.74) is 5.20. The quantitative estimate of drug-likeness (QED) is 0.852. The number of hydrogen-bond acceptors (Lipinski definition) is 3. The first-order valence-electron chi connectivity index (χ1n) is 4.78. The molecular formula is C11H15ClN2O2. The van der Waals surface area contributed by atoms with Crippen molar-refractivity contribution < 1.29 is 9.53 Å². The Morgan fingerprint density at radius 1 is 1.50 bits per heavy atom. The predicted molar refractivity (Wildman–Crippen MR) is 64.9 cm³/mol. The van der Waals surface area contributed by atoms with E-state index in [4.69, 9.17) is 22.1 Å². The van der Waals surface area contributed by atoms with E-state index in [1.165, 1.54) is 0 Å². The second-order valence-corrected chi connectivity index (χ2v) is 4.43. The van der Waals surface area contributed by atoms with Gasteiger partial charge in [-0.05, 0) is 26.0 Å². The second kappa shape index (κ2) is 4.72. The van der Waals surface area contributed by atoms with Gasteiger partial charge in [0.15, 0.2) is 0 Å². The van der Waals surface area contributed by atoms with Crippen molar-refractivity contribution in [3.63, 3.8) is 0 Å². The van der Waals surface area contributed by atoms with E-state index in [2.05, 4.69) is 5.32 Å². The molecule has 0 saturated carbocycles. The standard InChI is InChI=1S/C11H15ClN2O2/c1-11(2,13)10(15)14-9-6-7(16-3)4-5-8(9)12/h4-6H,13H2,1-3H3,(H,14,15). The Hall–Kier alpha value is -1.26. The summed E-state index contributed by atoms with van der Waals surface area (Å²) in [5.74, 6) is 0.317. The van der Waals surface area contributed by atoms with Crippen molar-refractivity contribution in [1.82, 2.24) is 0 Å². The smallest absolute Gasteiger partial charge is 0.243 e. The van der Waals surface area contributed by atoms with Gasteiger partial charge in [-0.25, -0.2) is 0 Å². The van der Waals surface area contributed by atoms with Crippen LogP contribution in [-0.4, -0.2) is 18.6 Å². The van der Waals surface area contributed by atoms with E-state index < -0.39 is 5.54 Å². The van der Waals surface area contributed by atoms with E-state index in [1.54, 1.807) is 39.2 Å². The maximum absolute atomic E-state index is 11.7. The molecule has 0 fully saturated rings. The maximum Gasteiger partial charge on any atom is 0.243 e. The van der Waals surface area contributed by atoms with Crippen LogP contribution < -0.4 is 15.8 Å². The number of methoxy groups -OCH3 is 1. The fraction of sp³-hybridized carbons (Fsp3) is 0.364. The highest BCUT2D eigenvalue weighted by Crippen LogP contribution is 2.27. The van der Waals surface area contributed by atoms with Crippen LogP contribution in [0.25, 0.3) is 0 Å². The molecule has 0 aliphatic heterocycles.